The lowest BCUT2D eigenvalue weighted by molar-refractivity contribution is 0.0782. The van der Waals surface area contributed by atoms with Crippen molar-refractivity contribution in [2.75, 3.05) is 13.1 Å². The fourth-order valence-corrected chi connectivity index (χ4v) is 2.80. The summed E-state index contributed by atoms with van der Waals surface area (Å²) >= 11 is 0. The topological polar surface area (TPSA) is 77.0 Å². The second-order valence-electron chi connectivity index (χ2n) is 5.54. The van der Waals surface area contributed by atoms with Crippen molar-refractivity contribution >= 4 is 5.91 Å². The van der Waals surface area contributed by atoms with Crippen LogP contribution in [0, 0.1) is 6.92 Å². The van der Waals surface area contributed by atoms with E-state index in [0.29, 0.717) is 18.8 Å². The normalized spacial score (nSPS) is 21.8. The quantitative estimate of drug-likeness (QED) is 0.880. The maximum atomic E-state index is 12.6. The molecule has 0 saturated carbocycles. The first-order valence-electron chi connectivity index (χ1n) is 7.04. The molecule has 1 saturated heterocycles. The van der Waals surface area contributed by atoms with Gasteiger partial charge in [-0.1, -0.05) is 35.5 Å². The second-order valence-corrected chi connectivity index (χ2v) is 5.54. The van der Waals surface area contributed by atoms with Gasteiger partial charge in [-0.2, -0.15) is 0 Å². The lowest BCUT2D eigenvalue weighted by Crippen LogP contribution is -2.32. The van der Waals surface area contributed by atoms with Gasteiger partial charge in [-0.15, -0.1) is 5.10 Å². The van der Waals surface area contributed by atoms with Crippen molar-refractivity contribution in [2.24, 2.45) is 12.8 Å². The van der Waals surface area contributed by atoms with Gasteiger partial charge in [0, 0.05) is 32.1 Å². The Morgan fingerprint density at radius 2 is 2.00 bits per heavy atom. The number of hydrogen-bond acceptors (Lipinski definition) is 4. The summed E-state index contributed by atoms with van der Waals surface area (Å²) in [6, 6.07) is 10.1. The van der Waals surface area contributed by atoms with Crippen LogP contribution in [0.4, 0.5) is 0 Å². The van der Waals surface area contributed by atoms with E-state index in [0.717, 1.165) is 5.69 Å². The van der Waals surface area contributed by atoms with Crippen LogP contribution < -0.4 is 5.73 Å². The minimum atomic E-state index is -0.0884. The number of carbonyl (C=O) groups is 1. The number of aryl methyl sites for hydroxylation is 1. The zero-order chi connectivity index (χ0) is 15.0. The number of nitrogens with two attached hydrogens (primary N) is 1. The third-order valence-electron chi connectivity index (χ3n) is 4.19. The second kappa shape index (κ2) is 5.29. The van der Waals surface area contributed by atoms with Gasteiger partial charge in [-0.3, -0.25) is 9.48 Å². The summed E-state index contributed by atoms with van der Waals surface area (Å²) in [4.78, 5) is 14.3. The average molecular weight is 285 g/mol. The fraction of sp³-hybridized carbons (Fsp3) is 0.400. The summed E-state index contributed by atoms with van der Waals surface area (Å²) in [6.45, 7) is 3.02. The molecule has 2 N–H and O–H groups in total. The lowest BCUT2D eigenvalue weighted by Gasteiger charge is -2.15. The maximum Gasteiger partial charge on any atom is 0.276 e. The Bertz CT molecular complexity index is 651. The van der Waals surface area contributed by atoms with Crippen LogP contribution in [0.2, 0.25) is 0 Å². The highest BCUT2D eigenvalue weighted by atomic mass is 16.2. The first kappa shape index (κ1) is 13.8. The van der Waals surface area contributed by atoms with Crippen LogP contribution in [0.5, 0.6) is 0 Å². The number of amides is 1. The highest BCUT2D eigenvalue weighted by Crippen LogP contribution is 2.27. The largest absolute Gasteiger partial charge is 0.335 e. The van der Waals surface area contributed by atoms with Gasteiger partial charge in [-0.05, 0) is 12.5 Å². The van der Waals surface area contributed by atoms with Crippen molar-refractivity contribution in [3.05, 3.63) is 47.3 Å². The van der Waals surface area contributed by atoms with Gasteiger partial charge >= 0.3 is 0 Å². The van der Waals surface area contributed by atoms with Gasteiger partial charge in [0.25, 0.3) is 5.91 Å². The number of benzene rings is 1. The Hall–Kier alpha value is -2.21. The highest BCUT2D eigenvalue weighted by Gasteiger charge is 2.35. The van der Waals surface area contributed by atoms with Crippen LogP contribution >= 0.6 is 0 Å². The van der Waals surface area contributed by atoms with E-state index in [1.54, 1.807) is 16.6 Å². The van der Waals surface area contributed by atoms with E-state index in [9.17, 15) is 4.79 Å². The third kappa shape index (κ3) is 2.42. The molecular weight excluding hydrogens is 266 g/mol. The third-order valence-corrected chi connectivity index (χ3v) is 4.19. The summed E-state index contributed by atoms with van der Waals surface area (Å²) in [5, 5.41) is 7.86. The fourth-order valence-electron chi connectivity index (χ4n) is 2.80. The summed E-state index contributed by atoms with van der Waals surface area (Å²) in [5.74, 6) is 0.0848. The van der Waals surface area contributed by atoms with Crippen molar-refractivity contribution in [2.45, 2.75) is 18.9 Å². The minimum Gasteiger partial charge on any atom is -0.335 e. The Morgan fingerprint density at radius 1 is 1.29 bits per heavy atom. The standard InChI is InChI=1S/C15H19N5O/c1-10-14(17-18-19(10)2)15(21)20-8-12(13(16)9-20)11-6-4-3-5-7-11/h3-7,12-13H,8-9,16H2,1-2H3/t12-,13+/m0/s1. The van der Waals surface area contributed by atoms with Crippen LogP contribution in [0.15, 0.2) is 30.3 Å². The van der Waals surface area contributed by atoms with E-state index in [4.69, 9.17) is 5.73 Å². The lowest BCUT2D eigenvalue weighted by atomic mass is 9.95. The van der Waals surface area contributed by atoms with Crippen LogP contribution in [0.3, 0.4) is 0 Å². The molecule has 2 atom stereocenters. The van der Waals surface area contributed by atoms with Gasteiger partial charge in [0.15, 0.2) is 5.69 Å². The molecule has 6 heteroatoms. The molecule has 1 aromatic carbocycles. The number of aromatic nitrogens is 3. The summed E-state index contributed by atoms with van der Waals surface area (Å²) < 4.78 is 1.61. The predicted octanol–water partition coefficient (Wildman–Crippen LogP) is 0.690. The Balaban J connectivity index is 1.80. The van der Waals surface area contributed by atoms with E-state index in [1.807, 2.05) is 25.1 Å². The first-order valence-corrected chi connectivity index (χ1v) is 7.04. The molecule has 1 aliphatic heterocycles. The number of likely N-dealkylation sites (tertiary alicyclic amines) is 1. The Labute approximate surface area is 123 Å². The molecule has 1 aliphatic rings. The Morgan fingerprint density at radius 3 is 2.62 bits per heavy atom. The number of carbonyl (C=O) groups excluding carboxylic acids is 1. The van der Waals surface area contributed by atoms with Crippen molar-refractivity contribution in [3.63, 3.8) is 0 Å². The summed E-state index contributed by atoms with van der Waals surface area (Å²) in [5.41, 5.74) is 8.59. The van der Waals surface area contributed by atoms with E-state index < -0.39 is 0 Å². The number of nitrogens with zero attached hydrogens (tertiary/aromatic N) is 4. The zero-order valence-corrected chi connectivity index (χ0v) is 12.2. The van der Waals surface area contributed by atoms with E-state index in [-0.39, 0.29) is 17.9 Å². The van der Waals surface area contributed by atoms with Gasteiger partial charge in [-0.25, -0.2) is 0 Å². The van der Waals surface area contributed by atoms with Crippen molar-refractivity contribution in [1.29, 1.82) is 0 Å². The maximum absolute atomic E-state index is 12.6. The van der Waals surface area contributed by atoms with E-state index in [2.05, 4.69) is 22.4 Å². The monoisotopic (exact) mass is 285 g/mol. The van der Waals surface area contributed by atoms with Crippen molar-refractivity contribution in [3.8, 4) is 0 Å². The molecule has 0 unspecified atom stereocenters. The molecule has 1 aromatic heterocycles. The summed E-state index contributed by atoms with van der Waals surface area (Å²) in [7, 11) is 1.78. The van der Waals surface area contributed by atoms with Crippen molar-refractivity contribution < 1.29 is 4.79 Å². The van der Waals surface area contributed by atoms with E-state index >= 15 is 0 Å². The van der Waals surface area contributed by atoms with Gasteiger partial charge in [0.2, 0.25) is 0 Å². The molecule has 0 bridgehead atoms. The number of hydrogen-bond donors (Lipinski definition) is 1. The van der Waals surface area contributed by atoms with Crippen molar-refractivity contribution in [1.82, 2.24) is 19.9 Å². The van der Waals surface area contributed by atoms with Crippen LogP contribution in [0.1, 0.15) is 27.7 Å². The molecular formula is C15H19N5O. The van der Waals surface area contributed by atoms with Crippen LogP contribution in [0.25, 0.3) is 0 Å². The van der Waals surface area contributed by atoms with Crippen LogP contribution in [-0.4, -0.2) is 44.9 Å². The molecule has 0 spiro atoms. The van der Waals surface area contributed by atoms with Gasteiger partial charge in [0.05, 0.1) is 5.69 Å². The summed E-state index contributed by atoms with van der Waals surface area (Å²) in [6.07, 6.45) is 0. The molecule has 2 heterocycles. The molecule has 2 aromatic rings. The molecule has 0 aliphatic carbocycles. The molecule has 6 nitrogen and oxygen atoms in total. The predicted molar refractivity (Wildman–Crippen MR) is 78.8 cm³/mol. The molecule has 1 fully saturated rings. The molecule has 21 heavy (non-hydrogen) atoms. The van der Waals surface area contributed by atoms with Gasteiger partial charge in [0.1, 0.15) is 0 Å². The number of rotatable bonds is 2. The SMILES string of the molecule is Cc1c(C(=O)N2C[C@@H](N)[C@H](c3ccccc3)C2)nnn1C. The average Bonchev–Trinajstić information content (AvgIpc) is 3.04. The molecule has 3 rings (SSSR count). The first-order chi connectivity index (χ1) is 10.1. The van der Waals surface area contributed by atoms with E-state index in [1.165, 1.54) is 5.56 Å². The highest BCUT2D eigenvalue weighted by molar-refractivity contribution is 5.93. The van der Waals surface area contributed by atoms with Gasteiger partial charge < -0.3 is 10.6 Å². The minimum absolute atomic E-state index is 0.0478. The smallest absolute Gasteiger partial charge is 0.276 e. The zero-order valence-electron chi connectivity index (χ0n) is 12.2. The van der Waals surface area contributed by atoms with Crippen LogP contribution in [-0.2, 0) is 7.05 Å². The Kier molecular flexibility index (Phi) is 3.47. The molecule has 1 amide bonds. The molecule has 110 valence electrons. The molecule has 0 radical (unpaired) electrons.